The monoisotopic (exact) mass is 504 g/mol. The molecule has 200 valence electrons. The number of piperidine rings is 2. The number of likely N-dealkylation sites (tertiary alicyclic amines) is 1. The molecule has 0 amide bonds. The zero-order valence-electron chi connectivity index (χ0n) is 23.5. The van der Waals surface area contributed by atoms with Crippen LogP contribution >= 0.6 is 0 Å². The fourth-order valence-corrected chi connectivity index (χ4v) is 6.88. The molecule has 0 radical (unpaired) electrons. The van der Waals surface area contributed by atoms with Crippen molar-refractivity contribution in [3.05, 3.63) is 41.7 Å². The Bertz CT molecular complexity index is 1230. The molecule has 5 rings (SSSR count). The number of nitrogens with one attached hydrogen (secondary N) is 1. The summed E-state index contributed by atoms with van der Waals surface area (Å²) in [5.74, 6) is 2.73. The van der Waals surface area contributed by atoms with E-state index >= 15 is 0 Å². The van der Waals surface area contributed by atoms with Crippen molar-refractivity contribution in [3.8, 4) is 22.8 Å². The summed E-state index contributed by atoms with van der Waals surface area (Å²) in [7, 11) is 5.50. The average molecular weight is 505 g/mol. The lowest BCUT2D eigenvalue weighted by atomic mass is 9.82. The number of fused-ring (bicyclic) bond motifs is 1. The topological polar surface area (TPSA) is 51.5 Å². The largest absolute Gasteiger partial charge is 0.493 e. The molecule has 2 fully saturated rings. The van der Waals surface area contributed by atoms with Gasteiger partial charge in [-0.2, -0.15) is 0 Å². The van der Waals surface area contributed by atoms with E-state index in [2.05, 4.69) is 67.0 Å². The molecule has 1 N–H and O–H groups in total. The average Bonchev–Trinajstić information content (AvgIpc) is 3.17. The van der Waals surface area contributed by atoms with Crippen molar-refractivity contribution in [2.45, 2.75) is 70.9 Å². The molecule has 0 bridgehead atoms. The van der Waals surface area contributed by atoms with Crippen molar-refractivity contribution in [3.63, 3.8) is 0 Å². The first-order chi connectivity index (χ1) is 17.9. The molecule has 0 aliphatic carbocycles. The van der Waals surface area contributed by atoms with E-state index in [9.17, 15) is 0 Å². The number of hydrogen-bond acceptors (Lipinski definition) is 5. The van der Waals surface area contributed by atoms with Gasteiger partial charge >= 0.3 is 0 Å². The molecule has 2 atom stereocenters. The van der Waals surface area contributed by atoms with Gasteiger partial charge in [0.2, 0.25) is 0 Å². The van der Waals surface area contributed by atoms with E-state index in [1.54, 1.807) is 14.2 Å². The molecule has 2 aliphatic rings. The molecule has 6 heteroatoms. The maximum absolute atomic E-state index is 5.59. The molecule has 0 saturated carbocycles. The van der Waals surface area contributed by atoms with E-state index < -0.39 is 0 Å². The number of aromatic nitrogens is 2. The maximum atomic E-state index is 5.59. The summed E-state index contributed by atoms with van der Waals surface area (Å²) >= 11 is 0. The number of hydrogen-bond donors (Lipinski definition) is 1. The maximum Gasteiger partial charge on any atom is 0.161 e. The lowest BCUT2D eigenvalue weighted by Gasteiger charge is -2.46. The third kappa shape index (κ3) is 5.10. The van der Waals surface area contributed by atoms with E-state index in [-0.39, 0.29) is 0 Å². The molecule has 2 aliphatic heterocycles. The molecule has 4 heterocycles. The molecule has 3 aromatic rings. The quantitative estimate of drug-likeness (QED) is 0.433. The predicted octanol–water partition coefficient (Wildman–Crippen LogP) is 5.91. The van der Waals surface area contributed by atoms with E-state index in [0.29, 0.717) is 17.9 Å². The van der Waals surface area contributed by atoms with Gasteiger partial charge in [0.15, 0.2) is 11.5 Å². The molecule has 1 unspecified atom stereocenters. The van der Waals surface area contributed by atoms with Crippen LogP contribution in [0.4, 0.5) is 0 Å². The minimum Gasteiger partial charge on any atom is -0.493 e. The Morgan fingerprint density at radius 2 is 1.81 bits per heavy atom. The SMILES string of the molecule is COc1ccc(-c2c(C)c3cc(C4CCN(C5CCNCC5)[C@H](CC(C)C)C4)ncc3n2C)cc1OC. The highest BCUT2D eigenvalue weighted by Crippen LogP contribution is 2.40. The third-order valence-corrected chi connectivity index (χ3v) is 8.72. The van der Waals surface area contributed by atoms with Crippen LogP contribution in [-0.2, 0) is 7.05 Å². The van der Waals surface area contributed by atoms with Crippen LogP contribution in [0.25, 0.3) is 22.2 Å². The predicted molar refractivity (Wildman–Crippen MR) is 152 cm³/mol. The standard InChI is InChI=1S/C31H44N4O2/c1-20(2)15-25-16-22(11-14-35(25)24-9-12-32-13-10-24)27-18-26-21(3)31(34(4)28(26)19-33-27)23-7-8-29(36-5)30(17-23)37-6/h7-8,17-20,22,24-25,32H,9-16H2,1-6H3/t22?,25-/m1/s1. The number of nitrogens with zero attached hydrogens (tertiary/aromatic N) is 3. The number of benzene rings is 1. The Morgan fingerprint density at radius 3 is 2.51 bits per heavy atom. The van der Waals surface area contributed by atoms with Crippen LogP contribution in [0.3, 0.4) is 0 Å². The summed E-state index contributed by atoms with van der Waals surface area (Å²) in [5.41, 5.74) is 6.06. The highest BCUT2D eigenvalue weighted by molar-refractivity contribution is 5.91. The molecule has 0 spiro atoms. The summed E-state index contributed by atoms with van der Waals surface area (Å²) in [6.07, 6.45) is 8.35. The molecule has 2 saturated heterocycles. The number of rotatable bonds is 7. The molecular weight excluding hydrogens is 460 g/mol. The Kier molecular flexibility index (Phi) is 7.77. The van der Waals surface area contributed by atoms with E-state index in [0.717, 1.165) is 36.2 Å². The van der Waals surface area contributed by atoms with E-state index in [4.69, 9.17) is 14.5 Å². The second-order valence-electron chi connectivity index (χ2n) is 11.5. The number of pyridine rings is 1. The summed E-state index contributed by atoms with van der Waals surface area (Å²) in [6.45, 7) is 10.5. The Labute approximate surface area is 222 Å². The van der Waals surface area contributed by atoms with Crippen LogP contribution in [0.5, 0.6) is 11.5 Å². The normalized spacial score (nSPS) is 21.6. The van der Waals surface area contributed by atoms with Gasteiger partial charge in [-0.05, 0) is 94.4 Å². The van der Waals surface area contributed by atoms with Crippen molar-refractivity contribution in [2.75, 3.05) is 33.9 Å². The smallest absolute Gasteiger partial charge is 0.161 e. The Balaban J connectivity index is 1.45. The fourth-order valence-electron chi connectivity index (χ4n) is 6.88. The molecule has 1 aromatic carbocycles. The molecule has 2 aromatic heterocycles. The number of methoxy groups -OCH3 is 2. The van der Waals surface area contributed by atoms with Gasteiger partial charge in [-0.15, -0.1) is 0 Å². The fraction of sp³-hybridized carbons (Fsp3) is 0.581. The van der Waals surface area contributed by atoms with Crippen molar-refractivity contribution in [2.24, 2.45) is 13.0 Å². The molecule has 6 nitrogen and oxygen atoms in total. The van der Waals surface area contributed by atoms with Gasteiger partial charge in [0, 0.05) is 41.7 Å². The van der Waals surface area contributed by atoms with E-state index in [1.165, 1.54) is 66.5 Å². The van der Waals surface area contributed by atoms with Crippen LogP contribution in [0, 0.1) is 12.8 Å². The van der Waals surface area contributed by atoms with Crippen molar-refractivity contribution in [1.29, 1.82) is 0 Å². The molecule has 37 heavy (non-hydrogen) atoms. The van der Waals surface area contributed by atoms with Crippen molar-refractivity contribution < 1.29 is 9.47 Å². The van der Waals surface area contributed by atoms with Crippen LogP contribution in [0.2, 0.25) is 0 Å². The summed E-state index contributed by atoms with van der Waals surface area (Å²) in [4.78, 5) is 7.92. The number of ether oxygens (including phenoxy) is 2. The van der Waals surface area contributed by atoms with Crippen molar-refractivity contribution >= 4 is 10.9 Å². The van der Waals surface area contributed by atoms with Crippen LogP contribution in [-0.4, -0.2) is 60.4 Å². The lowest BCUT2D eigenvalue weighted by molar-refractivity contribution is 0.0556. The summed E-state index contributed by atoms with van der Waals surface area (Å²) < 4.78 is 13.3. The van der Waals surface area contributed by atoms with Gasteiger partial charge in [0.1, 0.15) is 0 Å². The lowest BCUT2D eigenvalue weighted by Crippen LogP contribution is -2.51. The second-order valence-corrected chi connectivity index (χ2v) is 11.5. The first-order valence-electron chi connectivity index (χ1n) is 14.0. The van der Waals surface area contributed by atoms with Gasteiger partial charge < -0.3 is 19.4 Å². The number of aryl methyl sites for hydroxylation is 2. The minimum atomic E-state index is 0.523. The van der Waals surface area contributed by atoms with Gasteiger partial charge in [-0.1, -0.05) is 13.8 Å². The Hall–Kier alpha value is -2.57. The van der Waals surface area contributed by atoms with Crippen LogP contribution in [0.1, 0.15) is 63.1 Å². The summed E-state index contributed by atoms with van der Waals surface area (Å²) in [5, 5.41) is 4.85. The van der Waals surface area contributed by atoms with Gasteiger partial charge in [-0.25, -0.2) is 0 Å². The third-order valence-electron chi connectivity index (χ3n) is 8.72. The summed E-state index contributed by atoms with van der Waals surface area (Å²) in [6, 6.07) is 9.94. The van der Waals surface area contributed by atoms with Crippen LogP contribution < -0.4 is 14.8 Å². The first kappa shape index (κ1) is 26.1. The molecular formula is C31H44N4O2. The first-order valence-corrected chi connectivity index (χ1v) is 14.0. The Morgan fingerprint density at radius 1 is 1.05 bits per heavy atom. The van der Waals surface area contributed by atoms with Crippen molar-refractivity contribution in [1.82, 2.24) is 19.8 Å². The zero-order chi connectivity index (χ0) is 26.1. The highest BCUT2D eigenvalue weighted by Gasteiger charge is 2.35. The highest BCUT2D eigenvalue weighted by atomic mass is 16.5. The zero-order valence-corrected chi connectivity index (χ0v) is 23.5. The van der Waals surface area contributed by atoms with Gasteiger partial charge in [0.05, 0.1) is 31.6 Å². The van der Waals surface area contributed by atoms with Gasteiger partial charge in [-0.3, -0.25) is 9.88 Å². The van der Waals surface area contributed by atoms with E-state index in [1.807, 2.05) is 6.07 Å². The second kappa shape index (κ2) is 11.0. The van der Waals surface area contributed by atoms with Gasteiger partial charge in [0.25, 0.3) is 0 Å². The minimum absolute atomic E-state index is 0.523. The van der Waals surface area contributed by atoms with Crippen LogP contribution in [0.15, 0.2) is 30.5 Å².